The largest absolute Gasteiger partial charge is 0.371 e. The fourth-order valence-corrected chi connectivity index (χ4v) is 4.63. The van der Waals surface area contributed by atoms with Gasteiger partial charge in [-0.25, -0.2) is 4.98 Å². The number of benzene rings is 1. The van der Waals surface area contributed by atoms with Crippen LogP contribution < -0.4 is 5.32 Å². The molecule has 160 valence electrons. The van der Waals surface area contributed by atoms with Crippen LogP contribution in [0.1, 0.15) is 52.8 Å². The number of carbonyl (C=O) groups is 1. The molecule has 8 nitrogen and oxygen atoms in total. The van der Waals surface area contributed by atoms with Crippen LogP contribution in [0.4, 0.5) is 11.4 Å². The third-order valence-corrected chi connectivity index (χ3v) is 6.39. The molecular formula is C22H23N5O3S. The number of hydrogen-bond donors (Lipinski definition) is 1. The molecule has 2 aromatic heterocycles. The molecule has 2 atom stereocenters. The standard InChI is InChI=1S/C22H23N5O3S/c1-15(18-6-2-3-9-23-18)25-19-8-7-16(13-20(19)27(29)30)22(28)26-11-4-5-17(14-26)21-24-10-12-31-21/h2-3,6-10,12-13,15,17,25H,4-5,11,14H2,1H3. The maximum atomic E-state index is 13.1. The average molecular weight is 438 g/mol. The van der Waals surface area contributed by atoms with Crippen LogP contribution in [0, 0.1) is 10.1 Å². The van der Waals surface area contributed by atoms with Crippen LogP contribution in [0.3, 0.4) is 0 Å². The summed E-state index contributed by atoms with van der Waals surface area (Å²) in [6, 6.07) is 9.94. The number of piperidine rings is 1. The molecule has 1 fully saturated rings. The van der Waals surface area contributed by atoms with Crippen molar-refractivity contribution in [3.05, 3.63) is 80.6 Å². The number of carbonyl (C=O) groups excluding carboxylic acids is 1. The third kappa shape index (κ3) is 4.72. The van der Waals surface area contributed by atoms with E-state index < -0.39 is 4.92 Å². The van der Waals surface area contributed by atoms with E-state index in [9.17, 15) is 14.9 Å². The Labute approximate surface area is 184 Å². The first kappa shape index (κ1) is 20.9. The van der Waals surface area contributed by atoms with Crippen molar-refractivity contribution in [2.24, 2.45) is 0 Å². The summed E-state index contributed by atoms with van der Waals surface area (Å²) in [6.07, 6.45) is 5.34. The number of nitrogens with one attached hydrogen (secondary N) is 1. The Hall–Kier alpha value is -3.33. The van der Waals surface area contributed by atoms with Crippen LogP contribution in [-0.2, 0) is 0 Å². The first-order chi connectivity index (χ1) is 15.0. The molecule has 4 rings (SSSR count). The van der Waals surface area contributed by atoms with Crippen molar-refractivity contribution in [1.29, 1.82) is 0 Å². The van der Waals surface area contributed by atoms with Gasteiger partial charge in [-0.05, 0) is 44.0 Å². The van der Waals surface area contributed by atoms with Gasteiger partial charge in [-0.3, -0.25) is 19.9 Å². The number of thiazole rings is 1. The van der Waals surface area contributed by atoms with E-state index in [2.05, 4.69) is 15.3 Å². The van der Waals surface area contributed by atoms with Crippen LogP contribution in [0.25, 0.3) is 0 Å². The quantitative estimate of drug-likeness (QED) is 0.445. The number of nitrogens with zero attached hydrogens (tertiary/aromatic N) is 4. The highest BCUT2D eigenvalue weighted by atomic mass is 32.1. The van der Waals surface area contributed by atoms with Crippen molar-refractivity contribution in [3.8, 4) is 0 Å². The van der Waals surface area contributed by atoms with Crippen LogP contribution in [-0.4, -0.2) is 38.8 Å². The van der Waals surface area contributed by atoms with Gasteiger partial charge in [-0.1, -0.05) is 6.07 Å². The Morgan fingerprint density at radius 2 is 2.16 bits per heavy atom. The van der Waals surface area contributed by atoms with Gasteiger partial charge in [0.15, 0.2) is 0 Å². The highest BCUT2D eigenvalue weighted by molar-refractivity contribution is 7.09. The summed E-state index contributed by atoms with van der Waals surface area (Å²) in [5.41, 5.74) is 1.34. The molecule has 1 N–H and O–H groups in total. The number of pyridine rings is 1. The number of nitro benzene ring substituents is 1. The van der Waals surface area contributed by atoms with Crippen molar-refractivity contribution >= 4 is 28.6 Å². The summed E-state index contributed by atoms with van der Waals surface area (Å²) in [6.45, 7) is 3.11. The molecule has 0 aliphatic carbocycles. The minimum Gasteiger partial charge on any atom is -0.371 e. The van der Waals surface area contributed by atoms with Gasteiger partial charge in [0, 0.05) is 48.4 Å². The molecule has 3 aromatic rings. The Kier molecular flexibility index (Phi) is 6.22. The fourth-order valence-electron chi connectivity index (χ4n) is 3.86. The number of anilines is 1. The lowest BCUT2D eigenvalue weighted by atomic mass is 9.98. The molecule has 9 heteroatoms. The second-order valence-corrected chi connectivity index (χ2v) is 8.50. The Morgan fingerprint density at radius 1 is 1.29 bits per heavy atom. The summed E-state index contributed by atoms with van der Waals surface area (Å²) in [4.78, 5) is 34.8. The molecular weight excluding hydrogens is 414 g/mol. The van der Waals surface area contributed by atoms with Crippen LogP contribution in [0.2, 0.25) is 0 Å². The number of aromatic nitrogens is 2. The molecule has 0 bridgehead atoms. The molecule has 2 unspecified atom stereocenters. The van der Waals surface area contributed by atoms with Gasteiger partial charge in [-0.15, -0.1) is 11.3 Å². The molecule has 1 aliphatic heterocycles. The van der Waals surface area contributed by atoms with Gasteiger partial charge in [0.25, 0.3) is 11.6 Å². The van der Waals surface area contributed by atoms with Crippen LogP contribution in [0.15, 0.2) is 54.2 Å². The summed E-state index contributed by atoms with van der Waals surface area (Å²) in [7, 11) is 0. The van der Waals surface area contributed by atoms with E-state index in [1.54, 1.807) is 40.8 Å². The first-order valence-corrected chi connectivity index (χ1v) is 11.1. The summed E-state index contributed by atoms with van der Waals surface area (Å²) < 4.78 is 0. The lowest BCUT2D eigenvalue weighted by Gasteiger charge is -2.32. The van der Waals surface area contributed by atoms with Gasteiger partial charge in [0.2, 0.25) is 0 Å². The molecule has 31 heavy (non-hydrogen) atoms. The number of amides is 1. The summed E-state index contributed by atoms with van der Waals surface area (Å²) in [5.74, 6) is 0.0292. The Balaban J connectivity index is 1.53. The lowest BCUT2D eigenvalue weighted by Crippen LogP contribution is -2.39. The Bertz CT molecular complexity index is 1060. The second-order valence-electron chi connectivity index (χ2n) is 7.57. The summed E-state index contributed by atoms with van der Waals surface area (Å²) >= 11 is 1.60. The highest BCUT2D eigenvalue weighted by Gasteiger charge is 2.28. The number of hydrogen-bond acceptors (Lipinski definition) is 7. The zero-order valence-corrected chi connectivity index (χ0v) is 17.9. The normalized spacial score (nSPS) is 17.2. The molecule has 1 amide bonds. The maximum absolute atomic E-state index is 13.1. The molecule has 3 heterocycles. The number of likely N-dealkylation sites (tertiary alicyclic amines) is 1. The second kappa shape index (κ2) is 9.22. The predicted molar refractivity (Wildman–Crippen MR) is 119 cm³/mol. The van der Waals surface area contributed by atoms with E-state index in [1.807, 2.05) is 30.5 Å². The topological polar surface area (TPSA) is 101 Å². The van der Waals surface area contributed by atoms with Gasteiger partial charge < -0.3 is 10.2 Å². The minimum atomic E-state index is -0.459. The van der Waals surface area contributed by atoms with Gasteiger partial charge >= 0.3 is 0 Å². The summed E-state index contributed by atoms with van der Waals surface area (Å²) in [5, 5.41) is 17.8. The SMILES string of the molecule is CC(Nc1ccc(C(=O)N2CCCC(c3nccs3)C2)cc1[N+](=O)[O-])c1ccccn1. The van der Waals surface area contributed by atoms with Crippen molar-refractivity contribution in [3.63, 3.8) is 0 Å². The zero-order valence-electron chi connectivity index (χ0n) is 17.1. The van der Waals surface area contributed by atoms with Crippen LogP contribution >= 0.6 is 11.3 Å². The van der Waals surface area contributed by atoms with E-state index in [4.69, 9.17) is 0 Å². The average Bonchev–Trinajstić information content (AvgIpc) is 3.34. The van der Waals surface area contributed by atoms with Crippen molar-refractivity contribution in [2.45, 2.75) is 31.7 Å². The zero-order chi connectivity index (χ0) is 21.8. The van der Waals surface area contributed by atoms with Crippen LogP contribution in [0.5, 0.6) is 0 Å². The molecule has 1 saturated heterocycles. The third-order valence-electron chi connectivity index (χ3n) is 5.45. The molecule has 0 saturated carbocycles. The molecule has 1 aromatic carbocycles. The van der Waals surface area contributed by atoms with E-state index >= 15 is 0 Å². The fraction of sp³-hybridized carbons (Fsp3) is 0.318. The van der Waals surface area contributed by atoms with E-state index in [1.165, 1.54) is 6.07 Å². The molecule has 0 spiro atoms. The van der Waals surface area contributed by atoms with Gasteiger partial charge in [0.1, 0.15) is 5.69 Å². The maximum Gasteiger partial charge on any atom is 0.293 e. The number of rotatable bonds is 6. The van der Waals surface area contributed by atoms with E-state index in [-0.39, 0.29) is 23.6 Å². The highest BCUT2D eigenvalue weighted by Crippen LogP contribution is 2.32. The molecule has 0 radical (unpaired) electrons. The van der Waals surface area contributed by atoms with Crippen molar-refractivity contribution < 1.29 is 9.72 Å². The van der Waals surface area contributed by atoms with Gasteiger partial charge in [-0.2, -0.15) is 0 Å². The van der Waals surface area contributed by atoms with E-state index in [0.717, 1.165) is 23.5 Å². The lowest BCUT2D eigenvalue weighted by molar-refractivity contribution is -0.384. The van der Waals surface area contributed by atoms with Crippen molar-refractivity contribution in [2.75, 3.05) is 18.4 Å². The number of nitro groups is 1. The van der Waals surface area contributed by atoms with Gasteiger partial charge in [0.05, 0.1) is 21.7 Å². The predicted octanol–water partition coefficient (Wildman–Crippen LogP) is 4.64. The van der Waals surface area contributed by atoms with Crippen molar-refractivity contribution in [1.82, 2.24) is 14.9 Å². The first-order valence-electron chi connectivity index (χ1n) is 10.2. The Morgan fingerprint density at radius 3 is 2.87 bits per heavy atom. The minimum absolute atomic E-state index is 0.123. The molecule has 1 aliphatic rings. The smallest absolute Gasteiger partial charge is 0.293 e. The monoisotopic (exact) mass is 437 g/mol. The van der Waals surface area contributed by atoms with E-state index in [0.29, 0.717) is 24.3 Å².